The molecule has 1 aromatic heterocycles. The summed E-state index contributed by atoms with van der Waals surface area (Å²) in [4.78, 5) is 10.5. The number of aromatic nitrogens is 2. The molecule has 0 aliphatic rings. The number of rotatable bonds is 3. The van der Waals surface area contributed by atoms with Gasteiger partial charge in [-0.15, -0.1) is 0 Å². The summed E-state index contributed by atoms with van der Waals surface area (Å²) in [5.41, 5.74) is 1.02. The van der Waals surface area contributed by atoms with E-state index in [4.69, 9.17) is 0 Å². The molecule has 0 aliphatic carbocycles. The second kappa shape index (κ2) is 4.85. The van der Waals surface area contributed by atoms with Crippen molar-refractivity contribution in [1.29, 1.82) is 0 Å². The molecule has 7 heteroatoms. The van der Waals surface area contributed by atoms with Gasteiger partial charge in [-0.3, -0.25) is 0 Å². The number of hydrogen-bond donors (Lipinski definition) is 1. The summed E-state index contributed by atoms with van der Waals surface area (Å²) in [5, 5.41) is 22.2. The Bertz CT molecular complexity index is 615. The van der Waals surface area contributed by atoms with E-state index in [0.717, 1.165) is 4.47 Å². The Morgan fingerprint density at radius 2 is 2.11 bits per heavy atom. The molecule has 0 spiro atoms. The van der Waals surface area contributed by atoms with Crippen molar-refractivity contribution < 1.29 is 4.92 Å². The highest BCUT2D eigenvalue weighted by molar-refractivity contribution is 9.10. The third-order valence-electron chi connectivity index (χ3n) is 2.31. The lowest BCUT2D eigenvalue weighted by atomic mass is 10.2. The van der Waals surface area contributed by atoms with Gasteiger partial charge in [0.1, 0.15) is 11.2 Å². The summed E-state index contributed by atoms with van der Waals surface area (Å²) in [6.07, 6.45) is 0. The number of anilines is 1. The molecule has 2 rings (SSSR count). The molecule has 1 heterocycles. The quantitative estimate of drug-likeness (QED) is 0.696. The number of benzene rings is 1. The SMILES string of the molecule is CC(C)Nc1c([N+](=O)[O-])nnc2ccc(Br)cc12. The predicted octanol–water partition coefficient (Wildman–Crippen LogP) is 3.12. The smallest absolute Gasteiger partial charge is 0.375 e. The largest absolute Gasteiger partial charge is 0.414 e. The normalized spacial score (nSPS) is 10.9. The van der Waals surface area contributed by atoms with Gasteiger partial charge in [0.2, 0.25) is 0 Å². The van der Waals surface area contributed by atoms with Gasteiger partial charge < -0.3 is 15.4 Å². The lowest BCUT2D eigenvalue weighted by Crippen LogP contribution is -2.13. The van der Waals surface area contributed by atoms with Crippen LogP contribution in [0.25, 0.3) is 10.9 Å². The van der Waals surface area contributed by atoms with Gasteiger partial charge in [-0.05, 0) is 42.1 Å². The number of nitrogens with zero attached hydrogens (tertiary/aromatic N) is 3. The lowest BCUT2D eigenvalue weighted by Gasteiger charge is -2.11. The minimum absolute atomic E-state index is 0.0649. The maximum absolute atomic E-state index is 11.0. The molecule has 0 atom stereocenters. The Labute approximate surface area is 112 Å². The molecule has 0 radical (unpaired) electrons. The van der Waals surface area contributed by atoms with E-state index in [0.29, 0.717) is 16.6 Å². The molecular formula is C11H11BrN4O2. The monoisotopic (exact) mass is 310 g/mol. The summed E-state index contributed by atoms with van der Waals surface area (Å²) in [6, 6.07) is 5.45. The van der Waals surface area contributed by atoms with Gasteiger partial charge >= 0.3 is 5.82 Å². The first-order chi connectivity index (χ1) is 8.49. The molecular weight excluding hydrogens is 300 g/mol. The fourth-order valence-electron chi connectivity index (χ4n) is 1.63. The maximum Gasteiger partial charge on any atom is 0.414 e. The van der Waals surface area contributed by atoms with Crippen molar-refractivity contribution in [3.8, 4) is 0 Å². The van der Waals surface area contributed by atoms with E-state index in [1.54, 1.807) is 12.1 Å². The van der Waals surface area contributed by atoms with Crippen LogP contribution >= 0.6 is 15.9 Å². The number of nitrogens with one attached hydrogen (secondary N) is 1. The van der Waals surface area contributed by atoms with Crippen molar-refractivity contribution in [1.82, 2.24) is 10.2 Å². The van der Waals surface area contributed by atoms with E-state index in [-0.39, 0.29) is 11.9 Å². The fraction of sp³-hybridized carbons (Fsp3) is 0.273. The molecule has 0 saturated heterocycles. The van der Waals surface area contributed by atoms with Gasteiger partial charge in [0.25, 0.3) is 0 Å². The molecule has 0 aliphatic heterocycles. The van der Waals surface area contributed by atoms with Crippen molar-refractivity contribution in [3.63, 3.8) is 0 Å². The van der Waals surface area contributed by atoms with Gasteiger partial charge in [-0.25, -0.2) is 0 Å². The molecule has 1 N–H and O–H groups in total. The second-order valence-electron chi connectivity index (χ2n) is 4.12. The van der Waals surface area contributed by atoms with Crippen LogP contribution in [0.5, 0.6) is 0 Å². The van der Waals surface area contributed by atoms with Gasteiger partial charge in [0.15, 0.2) is 0 Å². The topological polar surface area (TPSA) is 81.0 Å². The molecule has 0 saturated carbocycles. The summed E-state index contributed by atoms with van der Waals surface area (Å²) < 4.78 is 0.837. The van der Waals surface area contributed by atoms with Gasteiger partial charge in [0, 0.05) is 15.9 Å². The molecule has 0 unspecified atom stereocenters. The zero-order valence-electron chi connectivity index (χ0n) is 9.85. The summed E-state index contributed by atoms with van der Waals surface area (Å²) in [7, 11) is 0. The van der Waals surface area contributed by atoms with Gasteiger partial charge in [-0.1, -0.05) is 15.9 Å². The molecule has 0 fully saturated rings. The second-order valence-corrected chi connectivity index (χ2v) is 5.03. The van der Waals surface area contributed by atoms with E-state index < -0.39 is 4.92 Å². The molecule has 1 aromatic carbocycles. The van der Waals surface area contributed by atoms with E-state index in [9.17, 15) is 10.1 Å². The van der Waals surface area contributed by atoms with E-state index in [1.165, 1.54) is 0 Å². The number of nitro groups is 1. The Morgan fingerprint density at radius 1 is 1.39 bits per heavy atom. The van der Waals surface area contributed by atoms with Gasteiger partial charge in [0.05, 0.1) is 5.10 Å². The van der Waals surface area contributed by atoms with Crippen LogP contribution < -0.4 is 5.32 Å². The van der Waals surface area contributed by atoms with Crippen molar-refractivity contribution in [2.75, 3.05) is 5.32 Å². The van der Waals surface area contributed by atoms with Crippen molar-refractivity contribution >= 4 is 38.3 Å². The highest BCUT2D eigenvalue weighted by atomic mass is 79.9. The van der Waals surface area contributed by atoms with Crippen LogP contribution in [0.3, 0.4) is 0 Å². The Balaban J connectivity index is 2.74. The molecule has 94 valence electrons. The predicted molar refractivity (Wildman–Crippen MR) is 72.7 cm³/mol. The highest BCUT2D eigenvalue weighted by Gasteiger charge is 2.21. The van der Waals surface area contributed by atoms with Crippen molar-refractivity contribution in [2.24, 2.45) is 0 Å². The summed E-state index contributed by atoms with van der Waals surface area (Å²) in [6.45, 7) is 3.82. The first kappa shape index (κ1) is 12.7. The minimum Gasteiger partial charge on any atom is -0.375 e. The van der Waals surface area contributed by atoms with E-state index in [2.05, 4.69) is 31.4 Å². The van der Waals surface area contributed by atoms with E-state index in [1.807, 2.05) is 19.9 Å². The summed E-state index contributed by atoms with van der Waals surface area (Å²) in [5.74, 6) is -0.255. The average molecular weight is 311 g/mol. The van der Waals surface area contributed by atoms with E-state index >= 15 is 0 Å². The van der Waals surface area contributed by atoms with Crippen molar-refractivity contribution in [3.05, 3.63) is 32.8 Å². The van der Waals surface area contributed by atoms with Crippen LogP contribution in [0.1, 0.15) is 13.8 Å². The molecule has 0 amide bonds. The third-order valence-corrected chi connectivity index (χ3v) is 2.80. The Morgan fingerprint density at radius 3 is 2.72 bits per heavy atom. The first-order valence-corrected chi connectivity index (χ1v) is 6.15. The standard InChI is InChI=1S/C11H11BrN4O2/c1-6(2)13-10-8-5-7(12)3-4-9(8)14-15-11(10)16(17)18/h3-6H,1-2H3,(H,13,14). The maximum atomic E-state index is 11.0. The molecule has 6 nitrogen and oxygen atoms in total. The minimum atomic E-state index is -0.530. The Kier molecular flexibility index (Phi) is 3.42. The van der Waals surface area contributed by atoms with Crippen LogP contribution in [-0.2, 0) is 0 Å². The lowest BCUT2D eigenvalue weighted by molar-refractivity contribution is -0.389. The zero-order chi connectivity index (χ0) is 13.3. The molecule has 18 heavy (non-hydrogen) atoms. The van der Waals surface area contributed by atoms with Crippen LogP contribution in [0.4, 0.5) is 11.5 Å². The zero-order valence-corrected chi connectivity index (χ0v) is 11.4. The average Bonchev–Trinajstić information content (AvgIpc) is 2.28. The van der Waals surface area contributed by atoms with Crippen LogP contribution in [0, 0.1) is 10.1 Å². The van der Waals surface area contributed by atoms with Gasteiger partial charge in [-0.2, -0.15) is 0 Å². The number of halogens is 1. The highest BCUT2D eigenvalue weighted by Crippen LogP contribution is 2.31. The first-order valence-electron chi connectivity index (χ1n) is 5.36. The molecule has 2 aromatic rings. The molecule has 0 bridgehead atoms. The Hall–Kier alpha value is -1.76. The van der Waals surface area contributed by atoms with Crippen LogP contribution in [0.15, 0.2) is 22.7 Å². The fourth-order valence-corrected chi connectivity index (χ4v) is 1.99. The number of fused-ring (bicyclic) bond motifs is 1. The summed E-state index contributed by atoms with van der Waals surface area (Å²) >= 11 is 3.35. The third kappa shape index (κ3) is 2.40. The van der Waals surface area contributed by atoms with Crippen molar-refractivity contribution in [2.45, 2.75) is 19.9 Å². The number of hydrogen-bond acceptors (Lipinski definition) is 5. The van der Waals surface area contributed by atoms with Crippen LogP contribution in [-0.4, -0.2) is 21.2 Å². The van der Waals surface area contributed by atoms with Crippen LogP contribution in [0.2, 0.25) is 0 Å².